The minimum atomic E-state index is -4.32. The first-order valence-corrected chi connectivity index (χ1v) is 9.65. The van der Waals surface area contributed by atoms with Crippen molar-refractivity contribution in [2.45, 2.75) is 17.7 Å². The van der Waals surface area contributed by atoms with Crippen LogP contribution in [0.4, 0.5) is 5.69 Å². The predicted molar refractivity (Wildman–Crippen MR) is 99.5 cm³/mol. The van der Waals surface area contributed by atoms with Gasteiger partial charge in [0, 0.05) is 16.9 Å². The molecule has 1 unspecified atom stereocenters. The maximum atomic E-state index is 12.8. The fourth-order valence-corrected chi connectivity index (χ4v) is 4.09. The Morgan fingerprint density at radius 2 is 1.82 bits per heavy atom. The topological polar surface area (TPSA) is 135 Å². The van der Waals surface area contributed by atoms with E-state index in [4.69, 9.17) is 9.58 Å². The monoisotopic (exact) mass is 400 g/mol. The number of nitrogens with zero attached hydrogens (tertiary/aromatic N) is 2. The van der Waals surface area contributed by atoms with Crippen molar-refractivity contribution < 1.29 is 27.9 Å². The van der Waals surface area contributed by atoms with Crippen molar-refractivity contribution >= 4 is 26.6 Å². The fourth-order valence-electron chi connectivity index (χ4n) is 2.87. The summed E-state index contributed by atoms with van der Waals surface area (Å²) in [5, 5.41) is 41.0. The second-order valence-electron chi connectivity index (χ2n) is 6.22. The molecule has 144 valence electrons. The zero-order chi connectivity index (χ0) is 20.5. The summed E-state index contributed by atoms with van der Waals surface area (Å²) in [6.07, 6.45) is 0. The molecular formula is C19H16N2O6S. The van der Waals surface area contributed by atoms with E-state index in [0.717, 1.165) is 6.07 Å². The summed E-state index contributed by atoms with van der Waals surface area (Å²) in [6.45, 7) is 1.30. The SMILES string of the molecule is CC(COS(=O)(=O)c1cc([N+]#N)c([O-])c2ccccc12)c1cccc(O)c1O. The Morgan fingerprint density at radius 1 is 1.14 bits per heavy atom. The molecule has 0 aliphatic heterocycles. The summed E-state index contributed by atoms with van der Waals surface area (Å²) in [5.41, 5.74) is -0.0967. The average Bonchev–Trinajstić information content (AvgIpc) is 2.68. The van der Waals surface area contributed by atoms with Crippen molar-refractivity contribution in [3.63, 3.8) is 0 Å². The zero-order valence-electron chi connectivity index (χ0n) is 14.7. The molecule has 0 aliphatic rings. The third kappa shape index (κ3) is 3.43. The van der Waals surface area contributed by atoms with Crippen LogP contribution in [0.1, 0.15) is 18.4 Å². The maximum absolute atomic E-state index is 12.8. The maximum Gasteiger partial charge on any atom is 0.379 e. The number of aromatic hydroxyl groups is 2. The van der Waals surface area contributed by atoms with E-state index in [1.165, 1.54) is 24.3 Å². The van der Waals surface area contributed by atoms with Crippen LogP contribution in [-0.2, 0) is 14.3 Å². The number of phenols is 2. The molecular weight excluding hydrogens is 384 g/mol. The number of fused-ring (bicyclic) bond motifs is 1. The van der Waals surface area contributed by atoms with Gasteiger partial charge in [0.25, 0.3) is 10.1 Å². The minimum absolute atomic E-state index is 0.0821. The van der Waals surface area contributed by atoms with Crippen molar-refractivity contribution in [2.75, 3.05) is 6.61 Å². The van der Waals surface area contributed by atoms with Gasteiger partial charge in [-0.1, -0.05) is 43.3 Å². The molecule has 2 N–H and O–H groups in total. The van der Waals surface area contributed by atoms with E-state index in [2.05, 4.69) is 4.98 Å². The molecule has 1 atom stereocenters. The van der Waals surface area contributed by atoms with Gasteiger partial charge in [-0.15, -0.1) is 0 Å². The minimum Gasteiger partial charge on any atom is -0.867 e. The van der Waals surface area contributed by atoms with E-state index in [0.29, 0.717) is 5.56 Å². The Kier molecular flexibility index (Phi) is 5.09. The molecule has 0 amide bonds. The van der Waals surface area contributed by atoms with Crippen molar-refractivity contribution in [3.05, 3.63) is 59.1 Å². The van der Waals surface area contributed by atoms with Gasteiger partial charge in [0.1, 0.15) is 4.90 Å². The molecule has 0 heterocycles. The summed E-state index contributed by atoms with van der Waals surface area (Å²) in [4.78, 5) is 2.56. The first-order valence-electron chi connectivity index (χ1n) is 8.24. The molecule has 0 aromatic heterocycles. The highest BCUT2D eigenvalue weighted by Crippen LogP contribution is 2.38. The lowest BCUT2D eigenvalue weighted by Gasteiger charge is -2.16. The number of diazo groups is 1. The van der Waals surface area contributed by atoms with Crippen LogP contribution in [0.15, 0.2) is 53.4 Å². The molecule has 3 aromatic rings. The van der Waals surface area contributed by atoms with Gasteiger partial charge in [-0.25, -0.2) is 0 Å². The summed E-state index contributed by atoms with van der Waals surface area (Å²) in [6, 6.07) is 11.3. The second-order valence-corrected chi connectivity index (χ2v) is 7.81. The van der Waals surface area contributed by atoms with Crippen LogP contribution >= 0.6 is 0 Å². The van der Waals surface area contributed by atoms with Crippen LogP contribution in [0.3, 0.4) is 0 Å². The second kappa shape index (κ2) is 7.34. The van der Waals surface area contributed by atoms with Crippen LogP contribution in [0, 0.1) is 5.39 Å². The fraction of sp³-hybridized carbons (Fsp3) is 0.158. The summed E-state index contributed by atoms with van der Waals surface area (Å²) in [5.74, 6) is -1.83. The van der Waals surface area contributed by atoms with Crippen molar-refractivity contribution in [2.24, 2.45) is 0 Å². The standard InChI is InChI=1S/C19H16N2O6S/c1-11(12-7-4-8-16(22)19(12)24)10-27-28(25,26)17-9-15(21-20)18(23)14-6-3-2-5-13(14)17/h2-9,11,20,23H,10H2,1H3. The quantitative estimate of drug-likeness (QED) is 0.381. The number of hydrogen-bond donors (Lipinski definition) is 2. The number of benzene rings is 3. The highest BCUT2D eigenvalue weighted by Gasteiger charge is 2.25. The van der Waals surface area contributed by atoms with Crippen LogP contribution in [-0.4, -0.2) is 25.2 Å². The molecule has 0 saturated carbocycles. The van der Waals surface area contributed by atoms with Crippen LogP contribution in [0.25, 0.3) is 15.7 Å². The Bertz CT molecular complexity index is 1200. The summed E-state index contributed by atoms with van der Waals surface area (Å²) < 4.78 is 30.6. The molecule has 0 fully saturated rings. The number of phenolic OH excluding ortho intramolecular Hbond substituents is 2. The zero-order valence-corrected chi connectivity index (χ0v) is 15.5. The van der Waals surface area contributed by atoms with Crippen LogP contribution in [0.5, 0.6) is 17.2 Å². The normalized spacial score (nSPS) is 12.6. The van der Waals surface area contributed by atoms with Gasteiger partial charge in [-0.05, 0) is 17.2 Å². The van der Waals surface area contributed by atoms with Crippen LogP contribution in [0.2, 0.25) is 0 Å². The third-order valence-electron chi connectivity index (χ3n) is 4.36. The Morgan fingerprint density at radius 3 is 2.50 bits per heavy atom. The van der Waals surface area contributed by atoms with E-state index in [9.17, 15) is 23.7 Å². The summed E-state index contributed by atoms with van der Waals surface area (Å²) in [7, 11) is -4.32. The molecule has 9 heteroatoms. The van der Waals surface area contributed by atoms with Crippen molar-refractivity contribution in [1.82, 2.24) is 0 Å². The summed E-state index contributed by atoms with van der Waals surface area (Å²) >= 11 is 0. The van der Waals surface area contributed by atoms with E-state index in [1.54, 1.807) is 25.1 Å². The lowest BCUT2D eigenvalue weighted by atomic mass is 10.0. The van der Waals surface area contributed by atoms with Gasteiger partial charge in [0.15, 0.2) is 16.5 Å². The van der Waals surface area contributed by atoms with E-state index >= 15 is 0 Å². The third-order valence-corrected chi connectivity index (χ3v) is 5.69. The van der Waals surface area contributed by atoms with Crippen molar-refractivity contribution in [3.8, 4) is 17.2 Å². The van der Waals surface area contributed by atoms with Gasteiger partial charge in [-0.2, -0.15) is 8.42 Å². The lowest BCUT2D eigenvalue weighted by molar-refractivity contribution is -0.264. The molecule has 0 bridgehead atoms. The highest BCUT2D eigenvalue weighted by molar-refractivity contribution is 7.87. The molecule has 3 aromatic carbocycles. The van der Waals surface area contributed by atoms with E-state index < -0.39 is 27.5 Å². The first kappa shape index (κ1) is 19.4. The van der Waals surface area contributed by atoms with Gasteiger partial charge >= 0.3 is 5.69 Å². The molecule has 0 radical (unpaired) electrons. The number of para-hydroxylation sites is 1. The molecule has 8 nitrogen and oxygen atoms in total. The number of rotatable bonds is 5. The van der Waals surface area contributed by atoms with Crippen molar-refractivity contribution in [1.29, 1.82) is 5.39 Å². The highest BCUT2D eigenvalue weighted by atomic mass is 32.2. The Labute approximate surface area is 161 Å². The van der Waals surface area contributed by atoms with E-state index in [-0.39, 0.29) is 33.8 Å². The molecule has 28 heavy (non-hydrogen) atoms. The van der Waals surface area contributed by atoms with Crippen LogP contribution < -0.4 is 5.11 Å². The molecule has 0 spiro atoms. The van der Waals surface area contributed by atoms with Gasteiger partial charge in [0.05, 0.1) is 12.7 Å². The molecule has 0 saturated heterocycles. The molecule has 0 aliphatic carbocycles. The first-order chi connectivity index (χ1) is 13.3. The van der Waals surface area contributed by atoms with E-state index in [1.807, 2.05) is 0 Å². The molecule has 3 rings (SSSR count). The van der Waals surface area contributed by atoms with Gasteiger partial charge in [0.2, 0.25) is 5.39 Å². The lowest BCUT2D eigenvalue weighted by Crippen LogP contribution is -2.13. The average molecular weight is 400 g/mol. The van der Waals surface area contributed by atoms with Gasteiger partial charge in [-0.3, -0.25) is 4.18 Å². The Hall–Kier alpha value is -3.35. The largest absolute Gasteiger partial charge is 0.867 e. The predicted octanol–water partition coefficient (Wildman–Crippen LogP) is 3.32. The Balaban J connectivity index is 1.97. The van der Waals surface area contributed by atoms with Gasteiger partial charge < -0.3 is 15.3 Å². The smallest absolute Gasteiger partial charge is 0.379 e. The number of hydrogen-bond acceptors (Lipinski definition) is 7.